The first-order valence-electron chi connectivity index (χ1n) is 15.1. The number of ether oxygens (including phenoxy) is 3. The molecule has 2 N–H and O–H groups in total. The van der Waals surface area contributed by atoms with Gasteiger partial charge in [-0.05, 0) is 80.4 Å². The predicted molar refractivity (Wildman–Crippen MR) is 172 cm³/mol. The molecule has 3 amide bonds. The Morgan fingerprint density at radius 3 is 1.66 bits per heavy atom. The zero-order chi connectivity index (χ0) is 33.7. The first kappa shape index (κ1) is 39.2. The molecule has 1 fully saturated rings. The van der Waals surface area contributed by atoms with Crippen LogP contribution in [0.1, 0.15) is 61.8 Å². The third kappa shape index (κ3) is 16.3. The van der Waals surface area contributed by atoms with Gasteiger partial charge in [0, 0.05) is 52.4 Å². The van der Waals surface area contributed by atoms with E-state index in [0.29, 0.717) is 44.2 Å². The summed E-state index contributed by atoms with van der Waals surface area (Å²) < 4.78 is 17.2. The Morgan fingerprint density at radius 2 is 1.25 bits per heavy atom. The molecule has 13 nitrogen and oxygen atoms in total. The molecule has 44 heavy (non-hydrogen) atoms. The number of rotatable bonds is 10. The molecule has 14 heteroatoms. The van der Waals surface area contributed by atoms with E-state index in [2.05, 4.69) is 11.9 Å². The number of nitrogens with zero attached hydrogens (tertiary/aromatic N) is 4. The van der Waals surface area contributed by atoms with Gasteiger partial charge in [-0.1, -0.05) is 0 Å². The average Bonchev–Trinajstić information content (AvgIpc) is 2.85. The van der Waals surface area contributed by atoms with Crippen LogP contribution < -0.4 is 5.32 Å². The molecular weight excluding hydrogens is 590 g/mol. The fourth-order valence-corrected chi connectivity index (χ4v) is 4.63. The standard InChI is InChI=1S/C30H55N5O8S/c1-22(2)41-23(3)33-14-12-32(21-25(36)31-24(26(37)38)11-20-44-10)13-15-34(27(39)42-29(4,5)6)18-19-35(17-16-33)28(40)43-30(7,8)9/h22,24H,3,11-21H2,1-2,4-10H3,(H,31,36)(H,37,38). The molecule has 0 aromatic rings. The lowest BCUT2D eigenvalue weighted by Crippen LogP contribution is -2.52. The molecule has 0 radical (unpaired) electrons. The first-order valence-corrected chi connectivity index (χ1v) is 16.5. The molecule has 1 aliphatic heterocycles. The quantitative estimate of drug-likeness (QED) is 0.338. The number of thioether (sulfide) groups is 1. The maximum Gasteiger partial charge on any atom is 0.410 e. The highest BCUT2D eigenvalue weighted by atomic mass is 32.2. The van der Waals surface area contributed by atoms with Crippen molar-refractivity contribution in [3.05, 3.63) is 12.5 Å². The van der Waals surface area contributed by atoms with Crippen molar-refractivity contribution >= 4 is 35.8 Å². The van der Waals surface area contributed by atoms with E-state index in [-0.39, 0.29) is 38.8 Å². The van der Waals surface area contributed by atoms with E-state index in [1.165, 1.54) is 16.7 Å². The Labute approximate surface area is 267 Å². The van der Waals surface area contributed by atoms with Gasteiger partial charge >= 0.3 is 18.2 Å². The molecule has 1 unspecified atom stereocenters. The SMILES string of the molecule is C=C(OC(C)C)N1CCN(CC(=O)NC(CCSC)C(=O)O)CCN(C(=O)OC(C)(C)C)CCN(C(=O)OC(C)(C)C)CC1. The highest BCUT2D eigenvalue weighted by molar-refractivity contribution is 7.98. The van der Waals surface area contributed by atoms with Crippen molar-refractivity contribution in [3.63, 3.8) is 0 Å². The van der Waals surface area contributed by atoms with Crippen molar-refractivity contribution in [2.75, 3.05) is 70.9 Å². The lowest BCUT2D eigenvalue weighted by atomic mass is 10.2. The van der Waals surface area contributed by atoms with Gasteiger partial charge in [0.2, 0.25) is 5.91 Å². The Hall–Kier alpha value is -2.87. The summed E-state index contributed by atoms with van der Waals surface area (Å²) in [4.78, 5) is 58.0. The largest absolute Gasteiger partial charge is 0.480 e. The van der Waals surface area contributed by atoms with Crippen LogP contribution in [0.15, 0.2) is 12.5 Å². The van der Waals surface area contributed by atoms with Crippen LogP contribution in [0, 0.1) is 0 Å². The Kier molecular flexibility index (Phi) is 16.2. The lowest BCUT2D eigenvalue weighted by Gasteiger charge is -2.36. The van der Waals surface area contributed by atoms with E-state index in [9.17, 15) is 24.3 Å². The minimum absolute atomic E-state index is 0.0689. The number of hydrogen-bond donors (Lipinski definition) is 2. The summed E-state index contributed by atoms with van der Waals surface area (Å²) in [7, 11) is 0. The monoisotopic (exact) mass is 645 g/mol. The molecule has 1 heterocycles. The number of carbonyl (C=O) groups excluding carboxylic acids is 3. The summed E-state index contributed by atoms with van der Waals surface area (Å²) in [5.41, 5.74) is -1.43. The first-order chi connectivity index (χ1) is 20.3. The van der Waals surface area contributed by atoms with E-state index >= 15 is 0 Å². The topological polar surface area (TPSA) is 141 Å². The summed E-state index contributed by atoms with van der Waals surface area (Å²) in [5.74, 6) is -0.475. The molecule has 1 atom stereocenters. The fraction of sp³-hybridized carbons (Fsp3) is 0.800. The molecular formula is C30H55N5O8S. The van der Waals surface area contributed by atoms with E-state index in [4.69, 9.17) is 14.2 Å². The highest BCUT2D eigenvalue weighted by Gasteiger charge is 2.29. The van der Waals surface area contributed by atoms with Gasteiger partial charge in [-0.3, -0.25) is 9.69 Å². The third-order valence-corrected chi connectivity index (χ3v) is 6.93. The maximum atomic E-state index is 13.2. The number of nitrogens with one attached hydrogen (secondary N) is 1. The van der Waals surface area contributed by atoms with Crippen molar-refractivity contribution in [2.24, 2.45) is 0 Å². The molecule has 254 valence electrons. The highest BCUT2D eigenvalue weighted by Crippen LogP contribution is 2.15. The van der Waals surface area contributed by atoms with Crippen LogP contribution in [0.5, 0.6) is 0 Å². The predicted octanol–water partition coefficient (Wildman–Crippen LogP) is 3.30. The smallest absolute Gasteiger partial charge is 0.410 e. The van der Waals surface area contributed by atoms with Crippen molar-refractivity contribution in [2.45, 2.75) is 85.2 Å². The molecule has 0 saturated carbocycles. The van der Waals surface area contributed by atoms with Gasteiger partial charge in [0.1, 0.15) is 17.2 Å². The number of hydrogen-bond acceptors (Lipinski definition) is 10. The fourth-order valence-electron chi connectivity index (χ4n) is 4.16. The van der Waals surface area contributed by atoms with E-state index in [1.807, 2.05) is 29.9 Å². The van der Waals surface area contributed by atoms with E-state index in [0.717, 1.165) is 0 Å². The van der Waals surface area contributed by atoms with Crippen LogP contribution in [0.4, 0.5) is 9.59 Å². The zero-order valence-corrected chi connectivity index (χ0v) is 29.0. The van der Waals surface area contributed by atoms with Gasteiger partial charge in [-0.15, -0.1) is 0 Å². The van der Waals surface area contributed by atoms with Gasteiger partial charge in [0.15, 0.2) is 5.88 Å². The van der Waals surface area contributed by atoms with Crippen LogP contribution >= 0.6 is 11.8 Å². The van der Waals surface area contributed by atoms with Crippen molar-refractivity contribution in [3.8, 4) is 0 Å². The van der Waals surface area contributed by atoms with E-state index < -0.39 is 41.3 Å². The van der Waals surface area contributed by atoms with Crippen molar-refractivity contribution in [1.29, 1.82) is 0 Å². The second-order valence-corrected chi connectivity index (χ2v) is 14.0. The number of carboxylic acid groups (broad SMARTS) is 1. The molecule has 1 aliphatic rings. The number of carbonyl (C=O) groups is 4. The third-order valence-electron chi connectivity index (χ3n) is 6.29. The molecule has 1 saturated heterocycles. The molecule has 0 aliphatic carbocycles. The summed E-state index contributed by atoms with van der Waals surface area (Å²) >= 11 is 1.51. The van der Waals surface area contributed by atoms with Gasteiger partial charge in [0.05, 0.1) is 12.6 Å². The molecule has 0 aromatic carbocycles. The van der Waals surface area contributed by atoms with Gasteiger partial charge < -0.3 is 39.3 Å². The summed E-state index contributed by atoms with van der Waals surface area (Å²) in [6.07, 6.45) is 1.03. The van der Waals surface area contributed by atoms with Gasteiger partial charge in [-0.25, -0.2) is 14.4 Å². The van der Waals surface area contributed by atoms with Gasteiger partial charge in [-0.2, -0.15) is 11.8 Å². The Bertz CT molecular complexity index is 966. The van der Waals surface area contributed by atoms with Crippen LogP contribution in [-0.4, -0.2) is 143 Å². The van der Waals surface area contributed by atoms with Crippen LogP contribution in [0.3, 0.4) is 0 Å². The summed E-state index contributed by atoms with van der Waals surface area (Å²) in [6, 6.07) is -0.991. The Balaban J connectivity index is 3.29. The maximum absolute atomic E-state index is 13.2. The van der Waals surface area contributed by atoms with Crippen LogP contribution in [0.25, 0.3) is 0 Å². The van der Waals surface area contributed by atoms with E-state index in [1.54, 1.807) is 46.4 Å². The molecule has 0 bridgehead atoms. The second kappa shape index (κ2) is 18.2. The molecule has 0 spiro atoms. The summed E-state index contributed by atoms with van der Waals surface area (Å²) in [6.45, 7) is 20.8. The molecule has 1 rings (SSSR count). The number of aliphatic carboxylic acids is 1. The number of amides is 3. The minimum Gasteiger partial charge on any atom is -0.480 e. The lowest BCUT2D eigenvalue weighted by molar-refractivity contribution is -0.142. The van der Waals surface area contributed by atoms with Crippen LogP contribution in [0.2, 0.25) is 0 Å². The van der Waals surface area contributed by atoms with Crippen molar-refractivity contribution in [1.82, 2.24) is 24.9 Å². The van der Waals surface area contributed by atoms with Crippen molar-refractivity contribution < 1.29 is 38.5 Å². The summed E-state index contributed by atoms with van der Waals surface area (Å²) in [5, 5.41) is 12.2. The molecule has 0 aromatic heterocycles. The Morgan fingerprint density at radius 1 is 0.818 bits per heavy atom. The van der Waals surface area contributed by atoms with Gasteiger partial charge in [0.25, 0.3) is 0 Å². The average molecular weight is 646 g/mol. The second-order valence-electron chi connectivity index (χ2n) is 13.0. The van der Waals surface area contributed by atoms with Crippen LogP contribution in [-0.2, 0) is 23.8 Å². The zero-order valence-electron chi connectivity index (χ0n) is 28.1. The minimum atomic E-state index is -1.08. The normalized spacial score (nSPS) is 16.8. The number of carboxylic acids is 1.